The number of rotatable bonds is 5. The van der Waals surface area contributed by atoms with E-state index in [1.165, 1.54) is 23.9 Å². The summed E-state index contributed by atoms with van der Waals surface area (Å²) in [6, 6.07) is 11.8. The second-order valence-electron chi connectivity index (χ2n) is 3.98. The van der Waals surface area contributed by atoms with E-state index in [1.807, 2.05) is 18.2 Å². The first-order valence-electron chi connectivity index (χ1n) is 5.91. The summed E-state index contributed by atoms with van der Waals surface area (Å²) in [5.41, 5.74) is 0.389. The Bertz CT molecular complexity index is 620. The van der Waals surface area contributed by atoms with Crippen LogP contribution in [-0.4, -0.2) is 22.7 Å². The molecule has 0 bridgehead atoms. The standard InChI is InChI=1S/C14H14N2O3/c1-19-13-7-8-14(18)16(15-13)10-9-12(17)11-5-3-2-4-6-11/h2-8H,9-10H2,1H3. The van der Waals surface area contributed by atoms with E-state index in [1.54, 1.807) is 12.1 Å². The van der Waals surface area contributed by atoms with Gasteiger partial charge in [-0.1, -0.05) is 30.3 Å². The van der Waals surface area contributed by atoms with Crippen LogP contribution >= 0.6 is 0 Å². The van der Waals surface area contributed by atoms with Crippen molar-refractivity contribution in [2.75, 3.05) is 7.11 Å². The molecular formula is C14H14N2O3. The molecule has 2 aromatic rings. The third-order valence-electron chi connectivity index (χ3n) is 2.70. The molecule has 98 valence electrons. The smallest absolute Gasteiger partial charge is 0.266 e. The van der Waals surface area contributed by atoms with Crippen molar-refractivity contribution >= 4 is 5.78 Å². The molecule has 0 amide bonds. The van der Waals surface area contributed by atoms with Crippen molar-refractivity contribution in [3.63, 3.8) is 0 Å². The molecule has 1 aromatic heterocycles. The van der Waals surface area contributed by atoms with Crippen LogP contribution < -0.4 is 10.3 Å². The second kappa shape index (κ2) is 5.95. The molecule has 1 heterocycles. The lowest BCUT2D eigenvalue weighted by atomic mass is 10.1. The van der Waals surface area contributed by atoms with E-state index in [-0.39, 0.29) is 24.3 Å². The summed E-state index contributed by atoms with van der Waals surface area (Å²) in [5.74, 6) is 0.337. The first-order chi connectivity index (χ1) is 9.20. The Labute approximate surface area is 110 Å². The number of carbonyl (C=O) groups excluding carboxylic acids is 1. The molecule has 0 N–H and O–H groups in total. The van der Waals surface area contributed by atoms with Crippen LogP contribution in [0.15, 0.2) is 47.3 Å². The van der Waals surface area contributed by atoms with Gasteiger partial charge in [0.1, 0.15) is 0 Å². The van der Waals surface area contributed by atoms with Crippen molar-refractivity contribution < 1.29 is 9.53 Å². The van der Waals surface area contributed by atoms with Crippen molar-refractivity contribution in [1.29, 1.82) is 0 Å². The lowest BCUT2D eigenvalue weighted by Crippen LogP contribution is -2.23. The van der Waals surface area contributed by atoms with Gasteiger partial charge in [0.05, 0.1) is 13.7 Å². The number of hydrogen-bond donors (Lipinski definition) is 0. The molecule has 0 saturated heterocycles. The molecule has 0 fully saturated rings. The van der Waals surface area contributed by atoms with E-state index in [0.717, 1.165) is 0 Å². The minimum atomic E-state index is -0.248. The van der Waals surface area contributed by atoms with Crippen molar-refractivity contribution in [3.05, 3.63) is 58.4 Å². The fraction of sp³-hybridized carbons (Fsp3) is 0.214. The summed E-state index contributed by atoms with van der Waals surface area (Å²) >= 11 is 0. The van der Waals surface area contributed by atoms with Gasteiger partial charge in [-0.25, -0.2) is 4.68 Å². The molecule has 0 saturated carbocycles. The lowest BCUT2D eigenvalue weighted by Gasteiger charge is -2.05. The SMILES string of the molecule is COc1ccc(=O)n(CCC(=O)c2ccccc2)n1. The molecule has 5 heteroatoms. The Hall–Kier alpha value is -2.43. The van der Waals surface area contributed by atoms with Crippen LogP contribution in [0.3, 0.4) is 0 Å². The van der Waals surface area contributed by atoms with Crippen LogP contribution in [0.25, 0.3) is 0 Å². The number of aryl methyl sites for hydroxylation is 1. The molecule has 19 heavy (non-hydrogen) atoms. The molecule has 2 rings (SSSR count). The van der Waals surface area contributed by atoms with Crippen molar-refractivity contribution in [2.24, 2.45) is 0 Å². The minimum absolute atomic E-state index is 0.0166. The Morgan fingerprint density at radius 2 is 1.95 bits per heavy atom. The van der Waals surface area contributed by atoms with Crippen molar-refractivity contribution in [1.82, 2.24) is 9.78 Å². The summed E-state index contributed by atoms with van der Waals surface area (Å²) in [5, 5.41) is 3.99. The number of nitrogens with zero attached hydrogens (tertiary/aromatic N) is 2. The first-order valence-corrected chi connectivity index (χ1v) is 5.91. The largest absolute Gasteiger partial charge is 0.480 e. The third kappa shape index (κ3) is 3.28. The van der Waals surface area contributed by atoms with E-state index >= 15 is 0 Å². The highest BCUT2D eigenvalue weighted by Crippen LogP contribution is 2.04. The average Bonchev–Trinajstić information content (AvgIpc) is 2.47. The second-order valence-corrected chi connectivity index (χ2v) is 3.98. The number of ketones is 1. The Kier molecular flexibility index (Phi) is 4.07. The molecule has 5 nitrogen and oxygen atoms in total. The molecular weight excluding hydrogens is 244 g/mol. The predicted octanol–water partition coefficient (Wildman–Crippen LogP) is 1.52. The maximum absolute atomic E-state index is 11.9. The highest BCUT2D eigenvalue weighted by atomic mass is 16.5. The topological polar surface area (TPSA) is 61.2 Å². The minimum Gasteiger partial charge on any atom is -0.480 e. The van der Waals surface area contributed by atoms with Crippen LogP contribution in [0, 0.1) is 0 Å². The highest BCUT2D eigenvalue weighted by Gasteiger charge is 2.07. The van der Waals surface area contributed by atoms with Crippen LogP contribution in [0.4, 0.5) is 0 Å². The van der Waals surface area contributed by atoms with Gasteiger partial charge in [-0.05, 0) is 0 Å². The molecule has 0 aliphatic carbocycles. The summed E-state index contributed by atoms with van der Waals surface area (Å²) < 4.78 is 6.18. The molecule has 0 atom stereocenters. The van der Waals surface area contributed by atoms with E-state index < -0.39 is 0 Å². The van der Waals surface area contributed by atoms with E-state index in [9.17, 15) is 9.59 Å². The van der Waals surface area contributed by atoms with E-state index in [0.29, 0.717) is 11.4 Å². The monoisotopic (exact) mass is 258 g/mol. The van der Waals surface area contributed by atoms with Gasteiger partial charge >= 0.3 is 0 Å². The summed E-state index contributed by atoms with van der Waals surface area (Å²) in [6.45, 7) is 0.240. The van der Waals surface area contributed by atoms with Gasteiger partial charge < -0.3 is 4.74 Å². The van der Waals surface area contributed by atoms with Gasteiger partial charge in [-0.3, -0.25) is 9.59 Å². The number of aromatic nitrogens is 2. The van der Waals surface area contributed by atoms with Crippen molar-refractivity contribution in [2.45, 2.75) is 13.0 Å². The number of ether oxygens (including phenoxy) is 1. The number of hydrogen-bond acceptors (Lipinski definition) is 4. The third-order valence-corrected chi connectivity index (χ3v) is 2.70. The Morgan fingerprint density at radius 1 is 1.21 bits per heavy atom. The van der Waals surface area contributed by atoms with E-state index in [4.69, 9.17) is 4.74 Å². The van der Waals surface area contributed by atoms with Gasteiger partial charge in [0.15, 0.2) is 5.78 Å². The normalized spacial score (nSPS) is 10.2. The fourth-order valence-corrected chi connectivity index (χ4v) is 1.68. The number of Topliss-reactive ketones (excluding diaryl/α,β-unsaturated/α-hetero) is 1. The fourth-order valence-electron chi connectivity index (χ4n) is 1.68. The first kappa shape index (κ1) is 13.0. The summed E-state index contributed by atoms with van der Waals surface area (Å²) in [4.78, 5) is 23.5. The molecule has 0 radical (unpaired) electrons. The van der Waals surface area contributed by atoms with E-state index in [2.05, 4.69) is 5.10 Å². The Balaban J connectivity index is 2.07. The van der Waals surface area contributed by atoms with Crippen LogP contribution in [-0.2, 0) is 6.54 Å². The van der Waals surface area contributed by atoms with Gasteiger partial charge in [-0.15, -0.1) is 5.10 Å². The average molecular weight is 258 g/mol. The molecule has 0 spiro atoms. The van der Waals surface area contributed by atoms with Gasteiger partial charge in [0, 0.05) is 24.1 Å². The predicted molar refractivity (Wildman–Crippen MR) is 70.4 cm³/mol. The summed E-state index contributed by atoms with van der Waals surface area (Å²) in [7, 11) is 1.48. The molecule has 0 aliphatic rings. The maximum Gasteiger partial charge on any atom is 0.266 e. The highest BCUT2D eigenvalue weighted by molar-refractivity contribution is 5.95. The maximum atomic E-state index is 11.9. The van der Waals surface area contributed by atoms with Gasteiger partial charge in [0.25, 0.3) is 5.56 Å². The number of benzene rings is 1. The lowest BCUT2D eigenvalue weighted by molar-refractivity contribution is 0.0974. The van der Waals surface area contributed by atoms with Crippen LogP contribution in [0.5, 0.6) is 5.88 Å². The molecule has 0 unspecified atom stereocenters. The molecule has 1 aromatic carbocycles. The Morgan fingerprint density at radius 3 is 2.63 bits per heavy atom. The summed E-state index contributed by atoms with van der Waals surface area (Å²) in [6.07, 6.45) is 0.226. The van der Waals surface area contributed by atoms with Crippen molar-refractivity contribution in [3.8, 4) is 5.88 Å². The zero-order valence-corrected chi connectivity index (χ0v) is 10.6. The number of methoxy groups -OCH3 is 1. The molecule has 0 aliphatic heterocycles. The number of carbonyl (C=O) groups is 1. The zero-order valence-electron chi connectivity index (χ0n) is 10.6. The quantitative estimate of drug-likeness (QED) is 0.763. The van der Waals surface area contributed by atoms with Gasteiger partial charge in [0.2, 0.25) is 5.88 Å². The van der Waals surface area contributed by atoms with Gasteiger partial charge in [-0.2, -0.15) is 0 Å². The van der Waals surface area contributed by atoms with Crippen LogP contribution in [0.1, 0.15) is 16.8 Å². The zero-order chi connectivity index (χ0) is 13.7. The van der Waals surface area contributed by atoms with Crippen LogP contribution in [0.2, 0.25) is 0 Å².